The normalized spacial score (nSPS) is 13.5. The lowest BCUT2D eigenvalue weighted by molar-refractivity contribution is 0.0951. The van der Waals surface area contributed by atoms with Crippen molar-refractivity contribution < 1.29 is 9.90 Å². The van der Waals surface area contributed by atoms with E-state index in [4.69, 9.17) is 0 Å². The largest absolute Gasteiger partial charge is 0.508 e. The van der Waals surface area contributed by atoms with Crippen molar-refractivity contribution >= 4 is 5.91 Å². The van der Waals surface area contributed by atoms with Crippen molar-refractivity contribution in [3.05, 3.63) is 64.7 Å². The van der Waals surface area contributed by atoms with Crippen LogP contribution in [0, 0.1) is 0 Å². The van der Waals surface area contributed by atoms with E-state index >= 15 is 0 Å². The Balaban J connectivity index is 1.66. The number of fused-ring (bicyclic) bond motifs is 1. The molecular weight excluding hydrogens is 264 g/mol. The molecule has 21 heavy (non-hydrogen) atoms. The summed E-state index contributed by atoms with van der Waals surface area (Å²) in [5.74, 6) is 0.156. The number of carbonyl (C=O) groups excluding carboxylic acids is 1. The Morgan fingerprint density at radius 3 is 2.76 bits per heavy atom. The Hall–Kier alpha value is -2.33. The van der Waals surface area contributed by atoms with E-state index in [2.05, 4.69) is 10.6 Å². The number of nitrogens with one attached hydrogen (secondary N) is 2. The first-order valence-electron chi connectivity index (χ1n) is 7.11. The molecule has 3 N–H and O–H groups in total. The first-order valence-corrected chi connectivity index (χ1v) is 7.11. The van der Waals surface area contributed by atoms with E-state index in [9.17, 15) is 9.90 Å². The average molecular weight is 282 g/mol. The number of phenols is 1. The minimum absolute atomic E-state index is 0.0727. The van der Waals surface area contributed by atoms with Gasteiger partial charge in [-0.25, -0.2) is 0 Å². The third-order valence-corrected chi connectivity index (χ3v) is 3.74. The quantitative estimate of drug-likeness (QED) is 0.806. The van der Waals surface area contributed by atoms with Crippen LogP contribution < -0.4 is 10.6 Å². The fourth-order valence-corrected chi connectivity index (χ4v) is 2.52. The van der Waals surface area contributed by atoms with Crippen molar-refractivity contribution in [3.63, 3.8) is 0 Å². The molecule has 0 radical (unpaired) electrons. The molecule has 2 aromatic rings. The molecule has 0 saturated carbocycles. The maximum Gasteiger partial charge on any atom is 0.251 e. The Bertz CT molecular complexity index is 650. The SMILES string of the molecule is O=C(NCc1ccc(O)cc1)c1ccc2c(c1)CNCC2. The molecule has 0 spiro atoms. The molecule has 0 saturated heterocycles. The summed E-state index contributed by atoms with van der Waals surface area (Å²) in [6, 6.07) is 12.7. The smallest absolute Gasteiger partial charge is 0.251 e. The van der Waals surface area contributed by atoms with Crippen molar-refractivity contribution in [2.45, 2.75) is 19.5 Å². The van der Waals surface area contributed by atoms with Gasteiger partial charge in [-0.05, 0) is 53.9 Å². The summed E-state index contributed by atoms with van der Waals surface area (Å²) in [6.45, 7) is 2.28. The van der Waals surface area contributed by atoms with Gasteiger partial charge in [-0.1, -0.05) is 18.2 Å². The molecule has 4 nitrogen and oxygen atoms in total. The van der Waals surface area contributed by atoms with E-state index in [-0.39, 0.29) is 11.7 Å². The van der Waals surface area contributed by atoms with Crippen molar-refractivity contribution in [3.8, 4) is 5.75 Å². The first-order chi connectivity index (χ1) is 10.2. The molecule has 0 aliphatic carbocycles. The van der Waals surface area contributed by atoms with Crippen LogP contribution in [0.25, 0.3) is 0 Å². The summed E-state index contributed by atoms with van der Waals surface area (Å²) in [7, 11) is 0. The summed E-state index contributed by atoms with van der Waals surface area (Å²) in [5.41, 5.74) is 4.18. The molecule has 1 aliphatic rings. The summed E-state index contributed by atoms with van der Waals surface area (Å²) < 4.78 is 0. The summed E-state index contributed by atoms with van der Waals surface area (Å²) in [5, 5.41) is 15.4. The Kier molecular flexibility index (Phi) is 3.88. The third kappa shape index (κ3) is 3.23. The molecule has 0 unspecified atom stereocenters. The maximum absolute atomic E-state index is 12.2. The highest BCUT2D eigenvalue weighted by molar-refractivity contribution is 5.94. The van der Waals surface area contributed by atoms with Crippen LogP contribution in [-0.4, -0.2) is 17.6 Å². The Morgan fingerprint density at radius 1 is 1.14 bits per heavy atom. The van der Waals surface area contributed by atoms with Crippen molar-refractivity contribution in [2.75, 3.05) is 6.54 Å². The van der Waals surface area contributed by atoms with Gasteiger partial charge in [-0.2, -0.15) is 0 Å². The monoisotopic (exact) mass is 282 g/mol. The van der Waals surface area contributed by atoms with Gasteiger partial charge in [0.15, 0.2) is 0 Å². The number of aromatic hydroxyl groups is 1. The topological polar surface area (TPSA) is 61.4 Å². The van der Waals surface area contributed by atoms with Gasteiger partial charge in [0, 0.05) is 18.7 Å². The molecule has 0 fully saturated rings. The number of carbonyl (C=O) groups is 1. The van der Waals surface area contributed by atoms with E-state index in [0.29, 0.717) is 12.1 Å². The summed E-state index contributed by atoms with van der Waals surface area (Å²) in [4.78, 5) is 12.2. The molecule has 0 atom stereocenters. The van der Waals surface area contributed by atoms with Gasteiger partial charge in [0.2, 0.25) is 0 Å². The second-order valence-corrected chi connectivity index (χ2v) is 5.26. The second kappa shape index (κ2) is 5.97. The van der Waals surface area contributed by atoms with E-state index in [1.807, 2.05) is 18.2 Å². The van der Waals surface area contributed by atoms with E-state index in [1.54, 1.807) is 24.3 Å². The highest BCUT2D eigenvalue weighted by Gasteiger charge is 2.12. The molecule has 2 aromatic carbocycles. The zero-order chi connectivity index (χ0) is 14.7. The first kappa shape index (κ1) is 13.6. The third-order valence-electron chi connectivity index (χ3n) is 3.74. The van der Waals surface area contributed by atoms with Crippen LogP contribution in [0.5, 0.6) is 5.75 Å². The van der Waals surface area contributed by atoms with Crippen LogP contribution >= 0.6 is 0 Å². The fourth-order valence-electron chi connectivity index (χ4n) is 2.52. The lowest BCUT2D eigenvalue weighted by Crippen LogP contribution is -2.26. The number of amides is 1. The predicted molar refractivity (Wildman–Crippen MR) is 81.1 cm³/mol. The minimum atomic E-state index is -0.0727. The summed E-state index contributed by atoms with van der Waals surface area (Å²) >= 11 is 0. The van der Waals surface area contributed by atoms with E-state index in [1.165, 1.54) is 11.1 Å². The van der Waals surface area contributed by atoms with Crippen LogP contribution in [-0.2, 0) is 19.5 Å². The molecule has 0 bridgehead atoms. The number of hydrogen-bond donors (Lipinski definition) is 3. The van der Waals surface area contributed by atoms with Gasteiger partial charge < -0.3 is 15.7 Å². The zero-order valence-electron chi connectivity index (χ0n) is 11.7. The molecule has 108 valence electrons. The number of benzene rings is 2. The molecule has 1 heterocycles. The standard InChI is InChI=1S/C17H18N2O2/c20-16-5-1-12(2-6-16)10-19-17(21)14-4-3-13-7-8-18-11-15(13)9-14/h1-6,9,18,20H,7-8,10-11H2,(H,19,21). The van der Waals surface area contributed by atoms with Gasteiger partial charge in [0.05, 0.1) is 0 Å². The van der Waals surface area contributed by atoms with Crippen molar-refractivity contribution in [1.82, 2.24) is 10.6 Å². The molecule has 1 aliphatic heterocycles. The van der Waals surface area contributed by atoms with E-state index < -0.39 is 0 Å². The van der Waals surface area contributed by atoms with Crippen LogP contribution in [0.15, 0.2) is 42.5 Å². The highest BCUT2D eigenvalue weighted by atomic mass is 16.3. The number of rotatable bonds is 3. The molecular formula is C17H18N2O2. The molecule has 0 aromatic heterocycles. The fraction of sp³-hybridized carbons (Fsp3) is 0.235. The number of hydrogen-bond acceptors (Lipinski definition) is 3. The van der Waals surface area contributed by atoms with Gasteiger partial charge in [-0.3, -0.25) is 4.79 Å². The molecule has 1 amide bonds. The van der Waals surface area contributed by atoms with Gasteiger partial charge in [0.1, 0.15) is 5.75 Å². The van der Waals surface area contributed by atoms with Crippen molar-refractivity contribution in [2.24, 2.45) is 0 Å². The van der Waals surface area contributed by atoms with Gasteiger partial charge in [-0.15, -0.1) is 0 Å². The molecule has 4 heteroatoms. The average Bonchev–Trinajstić information content (AvgIpc) is 2.53. The minimum Gasteiger partial charge on any atom is -0.508 e. The van der Waals surface area contributed by atoms with Crippen LogP contribution in [0.4, 0.5) is 0 Å². The predicted octanol–water partition coefficient (Wildman–Crippen LogP) is 1.97. The lowest BCUT2D eigenvalue weighted by Gasteiger charge is -2.17. The summed E-state index contributed by atoms with van der Waals surface area (Å²) in [6.07, 6.45) is 1.02. The van der Waals surface area contributed by atoms with E-state index in [0.717, 1.165) is 25.1 Å². The van der Waals surface area contributed by atoms with Crippen LogP contribution in [0.1, 0.15) is 27.0 Å². The maximum atomic E-state index is 12.2. The molecule has 3 rings (SSSR count). The Labute approximate surface area is 123 Å². The van der Waals surface area contributed by atoms with Crippen LogP contribution in [0.3, 0.4) is 0 Å². The zero-order valence-corrected chi connectivity index (χ0v) is 11.7. The second-order valence-electron chi connectivity index (χ2n) is 5.26. The van der Waals surface area contributed by atoms with Gasteiger partial charge in [0.25, 0.3) is 5.91 Å². The number of phenolic OH excluding ortho intramolecular Hbond substituents is 1. The lowest BCUT2D eigenvalue weighted by atomic mass is 9.98. The Morgan fingerprint density at radius 2 is 1.95 bits per heavy atom. The van der Waals surface area contributed by atoms with Gasteiger partial charge >= 0.3 is 0 Å². The van der Waals surface area contributed by atoms with Crippen molar-refractivity contribution in [1.29, 1.82) is 0 Å². The highest BCUT2D eigenvalue weighted by Crippen LogP contribution is 2.16. The van der Waals surface area contributed by atoms with Crippen LogP contribution in [0.2, 0.25) is 0 Å².